The lowest BCUT2D eigenvalue weighted by Crippen LogP contribution is -2.42. The number of amides is 2. The van der Waals surface area contributed by atoms with Crippen LogP contribution in [0, 0.1) is 11.2 Å². The van der Waals surface area contributed by atoms with Crippen molar-refractivity contribution in [2.45, 2.75) is 82.4 Å². The molecule has 3 aliphatic heterocycles. The lowest BCUT2D eigenvalue weighted by Gasteiger charge is -2.33. The fourth-order valence-electron chi connectivity index (χ4n) is 7.08. The van der Waals surface area contributed by atoms with E-state index in [2.05, 4.69) is 41.0 Å². The van der Waals surface area contributed by atoms with Crippen LogP contribution >= 0.6 is 11.8 Å². The monoisotopic (exact) mass is 665 g/mol. The number of anilines is 1. The molecule has 2 atom stereocenters. The average Bonchev–Trinajstić information content (AvgIpc) is 3.55. The van der Waals surface area contributed by atoms with Crippen LogP contribution in [0.5, 0.6) is 0 Å². The van der Waals surface area contributed by atoms with Crippen LogP contribution in [0.3, 0.4) is 0 Å². The summed E-state index contributed by atoms with van der Waals surface area (Å²) in [4.78, 5) is 53.5. The molecule has 0 spiro atoms. The zero-order valence-electron chi connectivity index (χ0n) is 27.8. The van der Waals surface area contributed by atoms with Crippen molar-refractivity contribution < 1.29 is 14.0 Å². The number of aromatic amines is 1. The summed E-state index contributed by atoms with van der Waals surface area (Å²) >= 11 is 1.46. The van der Waals surface area contributed by atoms with Crippen molar-refractivity contribution in [2.24, 2.45) is 5.41 Å². The molecule has 10 nitrogen and oxygen atoms in total. The van der Waals surface area contributed by atoms with Gasteiger partial charge in [-0.05, 0) is 68.8 Å². The molecule has 3 fully saturated rings. The van der Waals surface area contributed by atoms with Gasteiger partial charge in [0.25, 0.3) is 0 Å². The normalized spacial score (nSPS) is 21.6. The van der Waals surface area contributed by atoms with Crippen molar-refractivity contribution in [3.63, 3.8) is 0 Å². The third-order valence-corrected chi connectivity index (χ3v) is 11.2. The number of carbonyl (C=O) groups excluding carboxylic acids is 2. The van der Waals surface area contributed by atoms with Crippen molar-refractivity contribution >= 4 is 40.4 Å². The van der Waals surface area contributed by atoms with Crippen molar-refractivity contribution in [1.82, 2.24) is 29.2 Å². The number of piperidine rings is 2. The maximum absolute atomic E-state index is 15.4. The minimum Gasteiger partial charge on any atom is -0.381 e. The Balaban J connectivity index is 1.14. The van der Waals surface area contributed by atoms with Gasteiger partial charge in [-0.2, -0.15) is 0 Å². The number of thioether (sulfide) groups is 1. The second kappa shape index (κ2) is 14.4. The van der Waals surface area contributed by atoms with Crippen molar-refractivity contribution in [3.8, 4) is 0 Å². The van der Waals surface area contributed by atoms with Crippen molar-refractivity contribution in [3.05, 3.63) is 58.4 Å². The summed E-state index contributed by atoms with van der Waals surface area (Å²) in [7, 11) is 0. The van der Waals surface area contributed by atoms with Crippen molar-refractivity contribution in [2.75, 3.05) is 51.1 Å². The maximum Gasteiger partial charge on any atom is 0.327 e. The highest BCUT2D eigenvalue weighted by Crippen LogP contribution is 2.47. The Hall–Kier alpha value is -3.38. The van der Waals surface area contributed by atoms with Crippen LogP contribution < -0.4 is 11.0 Å². The van der Waals surface area contributed by atoms with Gasteiger partial charge in [0.2, 0.25) is 11.8 Å². The molecular weight excluding hydrogens is 617 g/mol. The first-order valence-electron chi connectivity index (χ1n) is 17.1. The van der Waals surface area contributed by atoms with E-state index in [1.165, 1.54) is 37.1 Å². The molecule has 47 heavy (non-hydrogen) atoms. The van der Waals surface area contributed by atoms with E-state index in [1.807, 2.05) is 28.0 Å². The first-order chi connectivity index (χ1) is 22.6. The number of nitrogens with one attached hydrogen (secondary N) is 2. The van der Waals surface area contributed by atoms with E-state index < -0.39 is 5.25 Å². The number of pyridine rings is 1. The van der Waals surface area contributed by atoms with Crippen LogP contribution in [0.1, 0.15) is 82.7 Å². The van der Waals surface area contributed by atoms with Crippen LogP contribution in [0.4, 0.5) is 10.1 Å². The van der Waals surface area contributed by atoms with E-state index in [9.17, 15) is 14.4 Å². The molecule has 1 aromatic carbocycles. The van der Waals surface area contributed by atoms with Gasteiger partial charge in [0.15, 0.2) is 5.65 Å². The quantitative estimate of drug-likeness (QED) is 0.299. The molecule has 0 bridgehead atoms. The number of rotatable bonds is 10. The van der Waals surface area contributed by atoms with E-state index in [-0.39, 0.29) is 46.6 Å². The number of benzene rings is 1. The maximum atomic E-state index is 15.4. The molecule has 3 saturated heterocycles. The van der Waals surface area contributed by atoms with Gasteiger partial charge >= 0.3 is 5.69 Å². The van der Waals surface area contributed by atoms with Gasteiger partial charge < -0.3 is 20.0 Å². The number of carbonyl (C=O) groups is 2. The highest BCUT2D eigenvalue weighted by molar-refractivity contribution is 8.01. The third kappa shape index (κ3) is 7.69. The summed E-state index contributed by atoms with van der Waals surface area (Å²) in [5.41, 5.74) is 2.37. The van der Waals surface area contributed by atoms with Gasteiger partial charge in [0.1, 0.15) is 11.2 Å². The van der Waals surface area contributed by atoms with Gasteiger partial charge in [-0.3, -0.25) is 19.1 Å². The van der Waals surface area contributed by atoms with Gasteiger partial charge in [0.05, 0.1) is 16.5 Å². The Labute approximate surface area is 280 Å². The van der Waals surface area contributed by atoms with Crippen LogP contribution in [0.15, 0.2) is 41.3 Å². The van der Waals surface area contributed by atoms with E-state index in [0.717, 1.165) is 37.1 Å². The van der Waals surface area contributed by atoms with Crippen LogP contribution in [-0.2, 0) is 9.59 Å². The van der Waals surface area contributed by atoms with Gasteiger partial charge in [0, 0.05) is 56.9 Å². The van der Waals surface area contributed by atoms with Crippen LogP contribution in [0.25, 0.3) is 11.2 Å². The van der Waals surface area contributed by atoms with Crippen LogP contribution in [-0.4, -0.2) is 92.1 Å². The Morgan fingerprint density at radius 3 is 2.55 bits per heavy atom. The number of hydrogen-bond donors (Lipinski definition) is 2. The number of H-pyrrole nitrogens is 1. The lowest BCUT2D eigenvalue weighted by atomic mass is 9.92. The summed E-state index contributed by atoms with van der Waals surface area (Å²) in [5.74, 6) is -0.441. The van der Waals surface area contributed by atoms with Gasteiger partial charge in [-0.15, -0.1) is 11.8 Å². The van der Waals surface area contributed by atoms with E-state index in [1.54, 1.807) is 16.8 Å². The minimum absolute atomic E-state index is 0.00796. The van der Waals surface area contributed by atoms with E-state index in [4.69, 9.17) is 0 Å². The Bertz CT molecular complexity index is 1620. The highest BCUT2D eigenvalue weighted by atomic mass is 32.2. The Kier molecular flexibility index (Phi) is 10.3. The molecule has 2 N–H and O–H groups in total. The standard InChI is InChI=1S/C35H48FN7O3S/c1-35(2,3)14-21-42-32(45)28(47-33(42)25-9-7-10-26(36)30(25)37-16-22-40-17-5-4-6-18-40)23-29(44)41-19-12-24(13-20-41)43-27-11-8-15-38-31(27)39-34(43)46/h7-11,15,24,28,33,37H,4-6,12-14,16-23H2,1-3H3,(H,38,39,46)/t28-,33?/m1/s1. The topological polar surface area (TPSA) is 107 Å². The molecule has 0 radical (unpaired) electrons. The summed E-state index contributed by atoms with van der Waals surface area (Å²) in [6, 6.07) is 8.77. The summed E-state index contributed by atoms with van der Waals surface area (Å²) in [6.45, 7) is 11.6. The highest BCUT2D eigenvalue weighted by Gasteiger charge is 2.44. The number of aromatic nitrogens is 3. The fourth-order valence-corrected chi connectivity index (χ4v) is 8.59. The van der Waals surface area contributed by atoms with Crippen molar-refractivity contribution in [1.29, 1.82) is 0 Å². The van der Waals surface area contributed by atoms with Crippen LogP contribution in [0.2, 0.25) is 0 Å². The molecule has 3 aliphatic rings. The van der Waals surface area contributed by atoms with Gasteiger partial charge in [-0.25, -0.2) is 14.2 Å². The number of halogens is 1. The largest absolute Gasteiger partial charge is 0.381 e. The molecule has 1 unspecified atom stereocenters. The van der Waals surface area contributed by atoms with E-state index >= 15 is 4.39 Å². The third-order valence-electron chi connectivity index (χ3n) is 9.76. The summed E-state index contributed by atoms with van der Waals surface area (Å²) in [6.07, 6.45) is 7.52. The lowest BCUT2D eigenvalue weighted by molar-refractivity contribution is -0.136. The Morgan fingerprint density at radius 2 is 1.81 bits per heavy atom. The molecule has 254 valence electrons. The number of nitrogens with zero attached hydrogens (tertiary/aromatic N) is 5. The SMILES string of the molecule is CC(C)(C)CCN1C(=O)[C@@H](CC(=O)N2CCC(n3c(=O)[nH]c4ncccc43)CC2)SC1c1cccc(F)c1NCCN1CCCCC1. The molecule has 0 saturated carbocycles. The number of imidazole rings is 1. The van der Waals surface area contributed by atoms with E-state index in [0.29, 0.717) is 50.4 Å². The predicted octanol–water partition coefficient (Wildman–Crippen LogP) is 5.39. The molecule has 12 heteroatoms. The zero-order valence-corrected chi connectivity index (χ0v) is 28.7. The fraction of sp³-hybridized carbons (Fsp3) is 0.600. The first-order valence-corrected chi connectivity index (χ1v) is 18.1. The number of fused-ring (bicyclic) bond motifs is 1. The molecule has 2 aromatic heterocycles. The molecule has 3 aromatic rings. The van der Waals surface area contributed by atoms with Gasteiger partial charge in [-0.1, -0.05) is 39.3 Å². The minimum atomic E-state index is -0.544. The average molecular weight is 666 g/mol. The summed E-state index contributed by atoms with van der Waals surface area (Å²) in [5, 5.41) is 2.45. The second-order valence-corrected chi connectivity index (χ2v) is 15.6. The smallest absolute Gasteiger partial charge is 0.327 e. The summed E-state index contributed by atoms with van der Waals surface area (Å²) < 4.78 is 17.1. The zero-order chi connectivity index (χ0) is 33.1. The molecular formula is C35H48FN7O3S. The second-order valence-electron chi connectivity index (χ2n) is 14.3. The molecule has 5 heterocycles. The molecule has 0 aliphatic carbocycles. The Morgan fingerprint density at radius 1 is 1.04 bits per heavy atom. The first kappa shape index (κ1) is 33.5. The predicted molar refractivity (Wildman–Crippen MR) is 185 cm³/mol. The molecule has 2 amide bonds. The number of hydrogen-bond acceptors (Lipinski definition) is 7. The molecule has 6 rings (SSSR count). The number of likely N-dealkylation sites (tertiary alicyclic amines) is 2. The number of para-hydroxylation sites is 1.